The third-order valence-electron chi connectivity index (χ3n) is 3.89. The van der Waals surface area contributed by atoms with Crippen molar-refractivity contribution in [3.8, 4) is 0 Å². The Morgan fingerprint density at radius 1 is 1.58 bits per heavy atom. The van der Waals surface area contributed by atoms with Gasteiger partial charge in [-0.15, -0.1) is 0 Å². The maximum absolute atomic E-state index is 14.4. The van der Waals surface area contributed by atoms with E-state index in [1.165, 1.54) is 12.3 Å². The van der Waals surface area contributed by atoms with Crippen molar-refractivity contribution >= 4 is 22.6 Å². The molecule has 1 aliphatic rings. The Hall–Kier alpha value is -0.700. The van der Waals surface area contributed by atoms with E-state index in [1.54, 1.807) is 6.92 Å². The van der Waals surface area contributed by atoms with Crippen LogP contribution in [0.5, 0.6) is 0 Å². The zero-order chi connectivity index (χ0) is 14.2. The van der Waals surface area contributed by atoms with Gasteiger partial charge >= 0.3 is 5.69 Å². The Labute approximate surface area is 123 Å². The zero-order valence-electron chi connectivity index (χ0n) is 10.7. The zero-order valence-corrected chi connectivity index (χ0v) is 12.9. The monoisotopic (exact) mass is 382 g/mol. The molecule has 1 aromatic heterocycles. The van der Waals surface area contributed by atoms with E-state index in [4.69, 9.17) is 4.74 Å². The van der Waals surface area contributed by atoms with Gasteiger partial charge in [0, 0.05) is 22.6 Å². The molecular formula is C12H16FIN2O3. The van der Waals surface area contributed by atoms with Gasteiger partial charge in [-0.1, -0.05) is 36.4 Å². The van der Waals surface area contributed by atoms with Gasteiger partial charge in [-0.3, -0.25) is 14.3 Å². The molecule has 0 saturated carbocycles. The Morgan fingerprint density at radius 2 is 2.26 bits per heavy atom. The van der Waals surface area contributed by atoms with E-state index >= 15 is 0 Å². The van der Waals surface area contributed by atoms with Gasteiger partial charge in [-0.25, -0.2) is 9.18 Å². The molecule has 19 heavy (non-hydrogen) atoms. The number of ether oxygens (including phenoxy) is 1. The average Bonchev–Trinajstić information content (AvgIpc) is 2.64. The van der Waals surface area contributed by atoms with Crippen molar-refractivity contribution in [2.24, 2.45) is 5.92 Å². The number of aromatic nitrogens is 2. The van der Waals surface area contributed by atoms with Gasteiger partial charge in [-0.05, 0) is 6.42 Å². The molecule has 1 aliphatic heterocycles. The van der Waals surface area contributed by atoms with E-state index < -0.39 is 29.2 Å². The van der Waals surface area contributed by atoms with Crippen molar-refractivity contribution in [2.75, 3.05) is 4.43 Å². The third-order valence-corrected chi connectivity index (χ3v) is 5.18. The van der Waals surface area contributed by atoms with Gasteiger partial charge in [-0.2, -0.15) is 0 Å². The van der Waals surface area contributed by atoms with E-state index in [9.17, 15) is 14.0 Å². The van der Waals surface area contributed by atoms with Gasteiger partial charge in [0.1, 0.15) is 0 Å². The molecule has 0 amide bonds. The second kappa shape index (κ2) is 5.35. The summed E-state index contributed by atoms with van der Waals surface area (Å²) in [4.78, 5) is 24.9. The van der Waals surface area contributed by atoms with Crippen LogP contribution < -0.4 is 11.2 Å². The van der Waals surface area contributed by atoms with Crippen LogP contribution in [0.25, 0.3) is 0 Å². The van der Waals surface area contributed by atoms with E-state index in [1.807, 2.05) is 6.92 Å². The molecule has 4 atom stereocenters. The van der Waals surface area contributed by atoms with E-state index in [0.29, 0.717) is 10.8 Å². The molecule has 2 rings (SSSR count). The van der Waals surface area contributed by atoms with Gasteiger partial charge in [0.15, 0.2) is 12.4 Å². The summed E-state index contributed by atoms with van der Waals surface area (Å²) in [6, 6.07) is 1.19. The number of hydrogen-bond acceptors (Lipinski definition) is 3. The number of H-pyrrole nitrogens is 1. The summed E-state index contributed by atoms with van der Waals surface area (Å²) in [5.41, 5.74) is -1.72. The highest BCUT2D eigenvalue weighted by molar-refractivity contribution is 14.1. The molecule has 0 spiro atoms. The summed E-state index contributed by atoms with van der Waals surface area (Å²) in [6.45, 7) is 3.74. The first-order chi connectivity index (χ1) is 8.95. The molecule has 7 heteroatoms. The number of aromatic amines is 1. The first-order valence-electron chi connectivity index (χ1n) is 6.14. The molecule has 0 aromatic carbocycles. The second-order valence-electron chi connectivity index (χ2n) is 4.81. The number of nitrogens with one attached hydrogen (secondary N) is 1. The number of alkyl halides is 2. The number of nitrogens with zero attached hydrogens (tertiary/aromatic N) is 1. The lowest BCUT2D eigenvalue weighted by Gasteiger charge is -2.29. The van der Waals surface area contributed by atoms with Crippen LogP contribution in [0.2, 0.25) is 0 Å². The summed E-state index contributed by atoms with van der Waals surface area (Å²) in [5, 5.41) is 0. The fourth-order valence-electron chi connectivity index (χ4n) is 2.44. The smallest absolute Gasteiger partial charge is 0.330 e. The second-order valence-corrected chi connectivity index (χ2v) is 5.57. The first kappa shape index (κ1) is 14.7. The molecule has 106 valence electrons. The van der Waals surface area contributed by atoms with E-state index in [-0.39, 0.29) is 5.92 Å². The Kier molecular flexibility index (Phi) is 4.14. The SMILES string of the molecule is CC[C@@]1(CI)OC(n2ccc(=O)[nH]c2=O)[C@H](F)[C@@H]1C. The fraction of sp³-hybridized carbons (Fsp3) is 0.667. The van der Waals surface area contributed by atoms with Crippen molar-refractivity contribution < 1.29 is 9.13 Å². The van der Waals surface area contributed by atoms with Gasteiger partial charge < -0.3 is 4.74 Å². The highest BCUT2D eigenvalue weighted by Gasteiger charge is 2.52. The van der Waals surface area contributed by atoms with Crippen LogP contribution >= 0.6 is 22.6 Å². The van der Waals surface area contributed by atoms with Crippen LogP contribution in [0.3, 0.4) is 0 Å². The molecule has 1 fully saturated rings. The summed E-state index contributed by atoms with van der Waals surface area (Å²) >= 11 is 2.17. The quantitative estimate of drug-likeness (QED) is 0.639. The van der Waals surface area contributed by atoms with Crippen LogP contribution in [0.15, 0.2) is 21.9 Å². The van der Waals surface area contributed by atoms with Crippen molar-refractivity contribution in [2.45, 2.75) is 38.3 Å². The molecule has 0 bridgehead atoms. The molecule has 1 saturated heterocycles. The topological polar surface area (TPSA) is 64.1 Å². The highest BCUT2D eigenvalue weighted by atomic mass is 127. The van der Waals surface area contributed by atoms with E-state index in [2.05, 4.69) is 27.6 Å². The summed E-state index contributed by atoms with van der Waals surface area (Å²) in [6.07, 6.45) is -0.302. The fourth-order valence-corrected chi connectivity index (χ4v) is 3.85. The number of halogens is 2. The Bertz CT molecular complexity index is 567. The van der Waals surface area contributed by atoms with Crippen LogP contribution in [-0.2, 0) is 4.74 Å². The average molecular weight is 382 g/mol. The van der Waals surface area contributed by atoms with Crippen molar-refractivity contribution in [3.63, 3.8) is 0 Å². The largest absolute Gasteiger partial charge is 0.347 e. The summed E-state index contributed by atoms with van der Waals surface area (Å²) in [5.74, 6) is -0.307. The minimum absolute atomic E-state index is 0.307. The standard InChI is InChI=1S/C12H16FIN2O3/c1-3-12(6-14)7(2)9(13)10(19-12)16-5-4-8(17)15-11(16)18/h4-5,7,9-10H,3,6H2,1-2H3,(H,15,17,18)/t7-,9+,10?,12-/m0/s1. The lowest BCUT2D eigenvalue weighted by molar-refractivity contribution is -0.0764. The van der Waals surface area contributed by atoms with Crippen LogP contribution in [0, 0.1) is 5.92 Å². The summed E-state index contributed by atoms with van der Waals surface area (Å²) < 4.78 is 22.0. The maximum atomic E-state index is 14.4. The van der Waals surface area contributed by atoms with Crippen LogP contribution in [-0.4, -0.2) is 25.8 Å². The van der Waals surface area contributed by atoms with Crippen molar-refractivity contribution in [1.82, 2.24) is 9.55 Å². The highest BCUT2D eigenvalue weighted by Crippen LogP contribution is 2.45. The normalized spacial score (nSPS) is 34.6. The molecule has 1 unspecified atom stereocenters. The van der Waals surface area contributed by atoms with Crippen molar-refractivity contribution in [3.05, 3.63) is 33.1 Å². The molecule has 0 radical (unpaired) electrons. The van der Waals surface area contributed by atoms with Crippen LogP contribution in [0.1, 0.15) is 26.5 Å². The van der Waals surface area contributed by atoms with Gasteiger partial charge in [0.2, 0.25) is 0 Å². The minimum atomic E-state index is -1.28. The van der Waals surface area contributed by atoms with Crippen LogP contribution in [0.4, 0.5) is 4.39 Å². The molecule has 0 aliphatic carbocycles. The predicted molar refractivity (Wildman–Crippen MR) is 77.4 cm³/mol. The third kappa shape index (κ3) is 2.37. The molecule has 1 N–H and O–H groups in total. The molecular weight excluding hydrogens is 366 g/mol. The first-order valence-corrected chi connectivity index (χ1v) is 7.67. The molecule has 5 nitrogen and oxygen atoms in total. The number of hydrogen-bond donors (Lipinski definition) is 1. The molecule has 2 heterocycles. The maximum Gasteiger partial charge on any atom is 0.330 e. The molecule has 1 aromatic rings. The van der Waals surface area contributed by atoms with Gasteiger partial charge in [0.25, 0.3) is 5.56 Å². The Morgan fingerprint density at radius 3 is 2.74 bits per heavy atom. The van der Waals surface area contributed by atoms with Crippen molar-refractivity contribution in [1.29, 1.82) is 0 Å². The van der Waals surface area contributed by atoms with E-state index in [0.717, 1.165) is 4.57 Å². The Balaban J connectivity index is 2.42. The van der Waals surface area contributed by atoms with Gasteiger partial charge in [0.05, 0.1) is 5.60 Å². The summed E-state index contributed by atoms with van der Waals surface area (Å²) in [7, 11) is 0. The number of rotatable bonds is 3. The lowest BCUT2D eigenvalue weighted by Crippen LogP contribution is -2.37. The minimum Gasteiger partial charge on any atom is -0.347 e. The lowest BCUT2D eigenvalue weighted by atomic mass is 9.87. The predicted octanol–water partition coefficient (Wildman–Crippen LogP) is 1.62.